The van der Waals surface area contributed by atoms with Gasteiger partial charge in [-0.1, -0.05) is 29.3 Å². The molecular formula is C14H13Cl2N3O. The van der Waals surface area contributed by atoms with Gasteiger partial charge in [0.15, 0.2) is 0 Å². The average Bonchev–Trinajstić information content (AvgIpc) is 2.44. The van der Waals surface area contributed by atoms with Gasteiger partial charge in [-0.25, -0.2) is 0 Å². The monoisotopic (exact) mass is 309 g/mol. The first-order chi connectivity index (χ1) is 9.63. The van der Waals surface area contributed by atoms with Crippen molar-refractivity contribution in [1.82, 2.24) is 4.98 Å². The second-order valence-electron chi connectivity index (χ2n) is 4.00. The SMILES string of the molecule is CCNc1ccncc1C(=O)Nc1c(Cl)cccc1Cl. The molecule has 0 radical (unpaired) electrons. The zero-order valence-electron chi connectivity index (χ0n) is 10.8. The van der Waals surface area contributed by atoms with Crippen molar-refractivity contribution in [3.63, 3.8) is 0 Å². The summed E-state index contributed by atoms with van der Waals surface area (Å²) in [7, 11) is 0. The van der Waals surface area contributed by atoms with E-state index in [2.05, 4.69) is 15.6 Å². The zero-order valence-corrected chi connectivity index (χ0v) is 12.3. The van der Waals surface area contributed by atoms with Crippen LogP contribution in [0.4, 0.5) is 11.4 Å². The normalized spacial score (nSPS) is 10.2. The third-order valence-electron chi connectivity index (χ3n) is 2.63. The second-order valence-corrected chi connectivity index (χ2v) is 4.82. The number of anilines is 2. The van der Waals surface area contributed by atoms with Crippen LogP contribution in [0.15, 0.2) is 36.7 Å². The molecule has 0 aliphatic rings. The van der Waals surface area contributed by atoms with Gasteiger partial charge in [0.1, 0.15) is 0 Å². The number of amides is 1. The Morgan fingerprint density at radius 2 is 1.95 bits per heavy atom. The molecule has 0 atom stereocenters. The topological polar surface area (TPSA) is 54.0 Å². The lowest BCUT2D eigenvalue weighted by atomic mass is 10.2. The van der Waals surface area contributed by atoms with Crippen molar-refractivity contribution in [2.45, 2.75) is 6.92 Å². The molecule has 1 aromatic heterocycles. The summed E-state index contributed by atoms with van der Waals surface area (Å²) >= 11 is 12.1. The molecule has 2 aromatic rings. The van der Waals surface area contributed by atoms with Gasteiger partial charge >= 0.3 is 0 Å². The molecule has 2 N–H and O–H groups in total. The van der Waals surface area contributed by atoms with Gasteiger partial charge in [-0.15, -0.1) is 0 Å². The Hall–Kier alpha value is -1.78. The molecule has 0 saturated carbocycles. The molecular weight excluding hydrogens is 297 g/mol. The van der Waals surface area contributed by atoms with Gasteiger partial charge in [-0.3, -0.25) is 9.78 Å². The number of para-hydroxylation sites is 1. The summed E-state index contributed by atoms with van der Waals surface area (Å²) in [5.74, 6) is -0.316. The number of hydrogen-bond acceptors (Lipinski definition) is 3. The number of carbonyl (C=O) groups excluding carboxylic acids is 1. The molecule has 20 heavy (non-hydrogen) atoms. The van der Waals surface area contributed by atoms with Gasteiger partial charge in [0.25, 0.3) is 5.91 Å². The Labute approximate surface area is 127 Å². The van der Waals surface area contributed by atoms with E-state index in [1.165, 1.54) is 6.20 Å². The van der Waals surface area contributed by atoms with Crippen molar-refractivity contribution in [3.8, 4) is 0 Å². The zero-order chi connectivity index (χ0) is 14.5. The highest BCUT2D eigenvalue weighted by Crippen LogP contribution is 2.30. The predicted octanol–water partition coefficient (Wildman–Crippen LogP) is 4.07. The summed E-state index contributed by atoms with van der Waals surface area (Å²) in [6.07, 6.45) is 3.12. The Morgan fingerprint density at radius 3 is 2.60 bits per heavy atom. The Morgan fingerprint density at radius 1 is 1.25 bits per heavy atom. The van der Waals surface area contributed by atoms with Crippen LogP contribution in [0, 0.1) is 0 Å². The van der Waals surface area contributed by atoms with Gasteiger partial charge in [0.2, 0.25) is 0 Å². The Balaban J connectivity index is 2.29. The van der Waals surface area contributed by atoms with E-state index in [0.29, 0.717) is 33.5 Å². The number of carbonyl (C=O) groups is 1. The molecule has 6 heteroatoms. The minimum atomic E-state index is -0.316. The quantitative estimate of drug-likeness (QED) is 0.895. The molecule has 0 aliphatic carbocycles. The maximum atomic E-state index is 12.3. The molecule has 0 bridgehead atoms. The lowest BCUT2D eigenvalue weighted by Crippen LogP contribution is -2.15. The fourth-order valence-corrected chi connectivity index (χ4v) is 2.21. The number of aromatic nitrogens is 1. The maximum absolute atomic E-state index is 12.3. The van der Waals surface area contributed by atoms with Crippen LogP contribution in [0.25, 0.3) is 0 Å². The lowest BCUT2D eigenvalue weighted by molar-refractivity contribution is 0.102. The second kappa shape index (κ2) is 6.59. The lowest BCUT2D eigenvalue weighted by Gasteiger charge is -2.12. The molecule has 0 saturated heterocycles. The largest absolute Gasteiger partial charge is 0.385 e. The fraction of sp³-hybridized carbons (Fsp3) is 0.143. The highest BCUT2D eigenvalue weighted by Gasteiger charge is 2.14. The number of hydrogen-bond donors (Lipinski definition) is 2. The summed E-state index contributed by atoms with van der Waals surface area (Å²) in [5, 5.41) is 6.59. The summed E-state index contributed by atoms with van der Waals surface area (Å²) in [5.41, 5.74) is 1.54. The predicted molar refractivity (Wildman–Crippen MR) is 82.8 cm³/mol. The molecule has 0 fully saturated rings. The van der Waals surface area contributed by atoms with Gasteiger partial charge in [0.05, 0.1) is 27.0 Å². The van der Waals surface area contributed by atoms with Crippen LogP contribution < -0.4 is 10.6 Å². The first-order valence-corrected chi connectivity index (χ1v) is 6.82. The number of halogens is 2. The van der Waals surface area contributed by atoms with E-state index >= 15 is 0 Å². The molecule has 104 valence electrons. The summed E-state index contributed by atoms with van der Waals surface area (Å²) in [4.78, 5) is 16.3. The molecule has 1 amide bonds. The van der Waals surface area contributed by atoms with Gasteiger partial charge < -0.3 is 10.6 Å². The smallest absolute Gasteiger partial charge is 0.259 e. The molecule has 0 spiro atoms. The van der Waals surface area contributed by atoms with E-state index in [9.17, 15) is 4.79 Å². The van der Waals surface area contributed by atoms with E-state index in [1.54, 1.807) is 30.5 Å². The molecule has 4 nitrogen and oxygen atoms in total. The third-order valence-corrected chi connectivity index (χ3v) is 3.26. The first-order valence-electron chi connectivity index (χ1n) is 6.06. The number of benzene rings is 1. The Bertz CT molecular complexity index is 611. The van der Waals surface area contributed by atoms with Crippen LogP contribution >= 0.6 is 23.2 Å². The van der Waals surface area contributed by atoms with E-state index in [-0.39, 0.29) is 5.91 Å². The number of pyridine rings is 1. The van der Waals surface area contributed by atoms with Crippen LogP contribution in [0.2, 0.25) is 10.0 Å². The standard InChI is InChI=1S/C14H13Cl2N3O/c1-2-18-12-6-7-17-8-9(12)14(20)19-13-10(15)4-3-5-11(13)16/h3-8H,2H2,1H3,(H,17,18)(H,19,20). The van der Waals surface area contributed by atoms with E-state index in [1.807, 2.05) is 6.92 Å². The molecule has 0 aliphatic heterocycles. The van der Waals surface area contributed by atoms with Gasteiger partial charge in [-0.05, 0) is 25.1 Å². The first kappa shape index (κ1) is 14.6. The number of nitrogens with one attached hydrogen (secondary N) is 2. The van der Waals surface area contributed by atoms with Crippen LogP contribution in [0.3, 0.4) is 0 Å². The maximum Gasteiger partial charge on any atom is 0.259 e. The molecule has 0 unspecified atom stereocenters. The van der Waals surface area contributed by atoms with Crippen LogP contribution in [-0.2, 0) is 0 Å². The fourth-order valence-electron chi connectivity index (χ4n) is 1.72. The summed E-state index contributed by atoms with van der Waals surface area (Å²) in [6.45, 7) is 2.66. The van der Waals surface area contributed by atoms with Crippen molar-refractivity contribution in [2.24, 2.45) is 0 Å². The van der Waals surface area contributed by atoms with Gasteiger partial charge in [-0.2, -0.15) is 0 Å². The molecule has 2 rings (SSSR count). The molecule has 1 heterocycles. The van der Waals surface area contributed by atoms with E-state index in [0.717, 1.165) is 0 Å². The van der Waals surface area contributed by atoms with Crippen molar-refractivity contribution in [3.05, 3.63) is 52.3 Å². The summed E-state index contributed by atoms with van der Waals surface area (Å²) in [6, 6.07) is 6.79. The van der Waals surface area contributed by atoms with Crippen molar-refractivity contribution in [1.29, 1.82) is 0 Å². The van der Waals surface area contributed by atoms with Crippen LogP contribution in [0.5, 0.6) is 0 Å². The number of rotatable bonds is 4. The summed E-state index contributed by atoms with van der Waals surface area (Å²) < 4.78 is 0. The Kier molecular flexibility index (Phi) is 4.82. The minimum absolute atomic E-state index is 0.316. The van der Waals surface area contributed by atoms with E-state index in [4.69, 9.17) is 23.2 Å². The molecule has 1 aromatic carbocycles. The van der Waals surface area contributed by atoms with Crippen molar-refractivity contribution >= 4 is 40.5 Å². The van der Waals surface area contributed by atoms with Crippen LogP contribution in [-0.4, -0.2) is 17.4 Å². The van der Waals surface area contributed by atoms with Crippen LogP contribution in [0.1, 0.15) is 17.3 Å². The van der Waals surface area contributed by atoms with Crippen molar-refractivity contribution in [2.75, 3.05) is 17.2 Å². The van der Waals surface area contributed by atoms with Gasteiger partial charge in [0, 0.05) is 18.9 Å². The van der Waals surface area contributed by atoms with Crippen molar-refractivity contribution < 1.29 is 4.79 Å². The highest BCUT2D eigenvalue weighted by atomic mass is 35.5. The number of nitrogens with zero attached hydrogens (tertiary/aromatic N) is 1. The van der Waals surface area contributed by atoms with E-state index < -0.39 is 0 Å². The average molecular weight is 310 g/mol. The minimum Gasteiger partial charge on any atom is -0.385 e. The highest BCUT2D eigenvalue weighted by molar-refractivity contribution is 6.40. The third kappa shape index (κ3) is 3.21.